The van der Waals surface area contributed by atoms with Gasteiger partial charge in [-0.1, -0.05) is 19.3 Å². The first-order valence-electron chi connectivity index (χ1n) is 6.99. The third-order valence-corrected chi connectivity index (χ3v) is 5.52. The second kappa shape index (κ2) is 6.46. The first kappa shape index (κ1) is 14.4. The molecule has 1 saturated carbocycles. The van der Waals surface area contributed by atoms with Crippen LogP contribution in [0.1, 0.15) is 37.7 Å². The van der Waals surface area contributed by atoms with Crippen LogP contribution in [0.5, 0.6) is 0 Å². The molecule has 1 aliphatic carbocycles. The maximum atomic E-state index is 4.37. The van der Waals surface area contributed by atoms with Gasteiger partial charge in [-0.2, -0.15) is 11.8 Å². The molecule has 1 aromatic heterocycles. The molecule has 0 spiro atoms. The minimum Gasteiger partial charge on any atom is -0.373 e. The van der Waals surface area contributed by atoms with E-state index in [0.29, 0.717) is 4.75 Å². The third-order valence-electron chi connectivity index (χ3n) is 4.10. The van der Waals surface area contributed by atoms with Gasteiger partial charge in [-0.05, 0) is 26.0 Å². The standard InChI is InChI=1S/C14H24N4S/c1-11-12(15-2)17-10-18-13(11)16-9-14(19-3)7-5-4-6-8-14/h10H,4-9H2,1-3H3,(H2,15,16,17,18). The molecule has 0 atom stereocenters. The van der Waals surface area contributed by atoms with Crippen LogP contribution in [0.4, 0.5) is 11.6 Å². The fourth-order valence-electron chi connectivity index (χ4n) is 2.77. The quantitative estimate of drug-likeness (QED) is 0.866. The van der Waals surface area contributed by atoms with E-state index in [0.717, 1.165) is 23.7 Å². The lowest BCUT2D eigenvalue weighted by Gasteiger charge is -2.36. The van der Waals surface area contributed by atoms with Crippen LogP contribution < -0.4 is 10.6 Å². The zero-order valence-corrected chi connectivity index (χ0v) is 12.9. The fraction of sp³-hybridized carbons (Fsp3) is 0.714. The molecule has 0 bridgehead atoms. The average molecular weight is 280 g/mol. The minimum absolute atomic E-state index is 0.384. The highest BCUT2D eigenvalue weighted by atomic mass is 32.2. The molecule has 0 saturated heterocycles. The van der Waals surface area contributed by atoms with Gasteiger partial charge in [-0.3, -0.25) is 0 Å². The SMILES string of the molecule is CNc1ncnc(NCC2(SC)CCCCC2)c1C. The number of hydrogen-bond donors (Lipinski definition) is 2. The van der Waals surface area contributed by atoms with Crippen molar-refractivity contribution in [1.82, 2.24) is 9.97 Å². The summed E-state index contributed by atoms with van der Waals surface area (Å²) in [7, 11) is 1.89. The maximum absolute atomic E-state index is 4.37. The number of rotatable bonds is 5. The second-order valence-electron chi connectivity index (χ2n) is 5.25. The zero-order valence-electron chi connectivity index (χ0n) is 12.1. The molecule has 0 aliphatic heterocycles. The van der Waals surface area contributed by atoms with Crippen molar-refractivity contribution in [3.63, 3.8) is 0 Å². The molecule has 4 nitrogen and oxygen atoms in total. The normalized spacial score (nSPS) is 18.1. The Labute approximate surface area is 120 Å². The predicted molar refractivity (Wildman–Crippen MR) is 84.1 cm³/mol. The zero-order chi connectivity index (χ0) is 13.7. The Morgan fingerprint density at radius 1 is 1.21 bits per heavy atom. The van der Waals surface area contributed by atoms with Gasteiger partial charge in [-0.25, -0.2) is 9.97 Å². The van der Waals surface area contributed by atoms with Gasteiger partial charge >= 0.3 is 0 Å². The van der Waals surface area contributed by atoms with Crippen molar-refractivity contribution in [1.29, 1.82) is 0 Å². The smallest absolute Gasteiger partial charge is 0.134 e. The van der Waals surface area contributed by atoms with Crippen LogP contribution in [-0.2, 0) is 0 Å². The molecule has 2 N–H and O–H groups in total. The topological polar surface area (TPSA) is 49.8 Å². The van der Waals surface area contributed by atoms with E-state index < -0.39 is 0 Å². The number of anilines is 2. The summed E-state index contributed by atoms with van der Waals surface area (Å²) >= 11 is 2.01. The molecular formula is C14H24N4S. The van der Waals surface area contributed by atoms with Gasteiger partial charge in [0.15, 0.2) is 0 Å². The fourth-order valence-corrected chi connectivity index (χ4v) is 3.69. The van der Waals surface area contributed by atoms with E-state index in [1.54, 1.807) is 6.33 Å². The van der Waals surface area contributed by atoms with Gasteiger partial charge in [0.1, 0.15) is 18.0 Å². The summed E-state index contributed by atoms with van der Waals surface area (Å²) < 4.78 is 0.384. The van der Waals surface area contributed by atoms with Crippen molar-refractivity contribution in [2.75, 3.05) is 30.5 Å². The maximum Gasteiger partial charge on any atom is 0.134 e. The van der Waals surface area contributed by atoms with E-state index in [1.807, 2.05) is 18.8 Å². The highest BCUT2D eigenvalue weighted by molar-refractivity contribution is 8.00. The van der Waals surface area contributed by atoms with Crippen LogP contribution in [0.15, 0.2) is 6.33 Å². The lowest BCUT2D eigenvalue weighted by atomic mass is 9.88. The average Bonchev–Trinajstić information content (AvgIpc) is 2.47. The van der Waals surface area contributed by atoms with Gasteiger partial charge in [0, 0.05) is 23.9 Å². The number of thioether (sulfide) groups is 1. The highest BCUT2D eigenvalue weighted by Crippen LogP contribution is 2.38. The second-order valence-corrected chi connectivity index (χ2v) is 6.52. The molecular weight excluding hydrogens is 256 g/mol. The van der Waals surface area contributed by atoms with Crippen molar-refractivity contribution in [3.05, 3.63) is 11.9 Å². The number of aromatic nitrogens is 2. The third kappa shape index (κ3) is 3.32. The van der Waals surface area contributed by atoms with Crippen molar-refractivity contribution in [2.45, 2.75) is 43.8 Å². The molecule has 0 unspecified atom stereocenters. The van der Waals surface area contributed by atoms with Crippen molar-refractivity contribution < 1.29 is 0 Å². The lowest BCUT2D eigenvalue weighted by Crippen LogP contribution is -2.35. The first-order valence-corrected chi connectivity index (χ1v) is 8.21. The summed E-state index contributed by atoms with van der Waals surface area (Å²) in [6.07, 6.45) is 10.6. The van der Waals surface area contributed by atoms with Crippen molar-refractivity contribution in [2.24, 2.45) is 0 Å². The minimum atomic E-state index is 0.384. The predicted octanol–water partition coefficient (Wildman–Crippen LogP) is 3.30. The highest BCUT2D eigenvalue weighted by Gasteiger charge is 2.31. The number of nitrogens with one attached hydrogen (secondary N) is 2. The molecule has 19 heavy (non-hydrogen) atoms. The summed E-state index contributed by atoms with van der Waals surface area (Å²) in [6.45, 7) is 3.05. The van der Waals surface area contributed by atoms with Crippen LogP contribution in [0.3, 0.4) is 0 Å². The van der Waals surface area contributed by atoms with E-state index in [1.165, 1.54) is 32.1 Å². The van der Waals surface area contributed by atoms with Crippen molar-refractivity contribution >= 4 is 23.4 Å². The Kier molecular flexibility index (Phi) is 4.91. The van der Waals surface area contributed by atoms with E-state index in [4.69, 9.17) is 0 Å². The summed E-state index contributed by atoms with van der Waals surface area (Å²) in [5, 5.41) is 6.64. The molecule has 1 aliphatic rings. The Morgan fingerprint density at radius 2 is 1.89 bits per heavy atom. The Hall–Kier alpha value is -0.970. The van der Waals surface area contributed by atoms with Gasteiger partial charge in [0.2, 0.25) is 0 Å². The van der Waals surface area contributed by atoms with Crippen LogP contribution in [-0.4, -0.2) is 34.6 Å². The van der Waals surface area contributed by atoms with E-state index in [9.17, 15) is 0 Å². The Balaban J connectivity index is 2.05. The first-order chi connectivity index (χ1) is 9.21. The van der Waals surface area contributed by atoms with Gasteiger partial charge in [0.05, 0.1) is 0 Å². The summed E-state index contributed by atoms with van der Waals surface area (Å²) in [5.41, 5.74) is 1.09. The van der Waals surface area contributed by atoms with Crippen LogP contribution in [0, 0.1) is 6.92 Å². The molecule has 1 fully saturated rings. The Bertz CT molecular complexity index is 416. The van der Waals surface area contributed by atoms with Gasteiger partial charge in [0.25, 0.3) is 0 Å². The molecule has 1 heterocycles. The molecule has 1 aromatic rings. The van der Waals surface area contributed by atoms with Crippen molar-refractivity contribution in [3.8, 4) is 0 Å². The van der Waals surface area contributed by atoms with Gasteiger partial charge in [-0.15, -0.1) is 0 Å². The van der Waals surface area contributed by atoms with E-state index in [-0.39, 0.29) is 0 Å². The number of nitrogens with zero attached hydrogens (tertiary/aromatic N) is 2. The Morgan fingerprint density at radius 3 is 2.53 bits per heavy atom. The molecule has 2 rings (SSSR count). The van der Waals surface area contributed by atoms with Crippen LogP contribution in [0.2, 0.25) is 0 Å². The van der Waals surface area contributed by atoms with Crippen LogP contribution >= 0.6 is 11.8 Å². The molecule has 106 valence electrons. The largest absolute Gasteiger partial charge is 0.373 e. The number of hydrogen-bond acceptors (Lipinski definition) is 5. The summed E-state index contributed by atoms with van der Waals surface area (Å²) in [6, 6.07) is 0. The van der Waals surface area contributed by atoms with Gasteiger partial charge < -0.3 is 10.6 Å². The molecule has 5 heteroatoms. The molecule has 0 radical (unpaired) electrons. The summed E-state index contributed by atoms with van der Waals surface area (Å²) in [5.74, 6) is 1.86. The summed E-state index contributed by atoms with van der Waals surface area (Å²) in [4.78, 5) is 8.59. The van der Waals surface area contributed by atoms with E-state index >= 15 is 0 Å². The molecule has 0 aromatic carbocycles. The monoisotopic (exact) mass is 280 g/mol. The lowest BCUT2D eigenvalue weighted by molar-refractivity contribution is 0.411. The molecule has 0 amide bonds. The van der Waals surface area contributed by atoms with Crippen LogP contribution in [0.25, 0.3) is 0 Å². The van der Waals surface area contributed by atoms with E-state index in [2.05, 4.69) is 33.8 Å².